The Balaban J connectivity index is 1.85. The number of unbranched alkanes of at least 4 members (excludes halogenated alkanes) is 5. The van der Waals surface area contributed by atoms with Crippen molar-refractivity contribution < 1.29 is 0 Å². The maximum absolute atomic E-state index is 2.53. The minimum atomic E-state index is 0.200. The van der Waals surface area contributed by atoms with Gasteiger partial charge in [-0.3, -0.25) is 0 Å². The Morgan fingerprint density at radius 1 is 0.594 bits per heavy atom. The minimum Gasteiger partial charge on any atom is -0.309 e. The number of fused-ring (bicyclic) bond motifs is 3. The van der Waals surface area contributed by atoms with Crippen LogP contribution in [0.15, 0.2) is 72.8 Å². The van der Waals surface area contributed by atoms with Gasteiger partial charge >= 0.3 is 0 Å². The highest BCUT2D eigenvalue weighted by Crippen LogP contribution is 2.41. The molecule has 168 valence electrons. The van der Waals surface area contributed by atoms with Crippen molar-refractivity contribution in [1.29, 1.82) is 0 Å². The van der Waals surface area contributed by atoms with E-state index in [-0.39, 0.29) is 5.41 Å². The van der Waals surface area contributed by atoms with Gasteiger partial charge in [0.05, 0.1) is 11.0 Å². The molecule has 0 amide bonds. The standard InChI is InChI=1S/C31H39N/c1-4-6-8-16-24-31(3,23-15-7-5-2)27-19-11-14-22-30(27)32-28-20-12-9-17-25(28)26-18-10-13-21-29(26)32/h9-14,17-22H,4-8,15-16,23-24H2,1-3H3. The Morgan fingerprint density at radius 2 is 1.09 bits per heavy atom. The van der Waals surface area contributed by atoms with Gasteiger partial charge in [-0.05, 0) is 42.0 Å². The van der Waals surface area contributed by atoms with E-state index in [2.05, 4.69) is 98.1 Å². The molecular formula is C31H39N. The summed E-state index contributed by atoms with van der Waals surface area (Å²) in [6.45, 7) is 7.14. The molecule has 1 nitrogen and oxygen atoms in total. The van der Waals surface area contributed by atoms with Gasteiger partial charge in [-0.15, -0.1) is 0 Å². The molecule has 0 aliphatic heterocycles. The van der Waals surface area contributed by atoms with Crippen molar-refractivity contribution in [1.82, 2.24) is 4.57 Å². The summed E-state index contributed by atoms with van der Waals surface area (Å²) in [5.41, 5.74) is 5.69. The summed E-state index contributed by atoms with van der Waals surface area (Å²) in [7, 11) is 0. The van der Waals surface area contributed by atoms with Gasteiger partial charge in [-0.25, -0.2) is 0 Å². The average Bonchev–Trinajstić information content (AvgIpc) is 3.16. The molecule has 4 aromatic rings. The molecule has 0 spiro atoms. The van der Waals surface area contributed by atoms with E-state index in [4.69, 9.17) is 0 Å². The summed E-state index contributed by atoms with van der Waals surface area (Å²) in [5, 5.41) is 2.68. The third kappa shape index (κ3) is 4.49. The second-order valence-corrected chi connectivity index (χ2v) is 9.72. The van der Waals surface area contributed by atoms with Crippen LogP contribution in [0.1, 0.15) is 84.1 Å². The van der Waals surface area contributed by atoms with Crippen molar-refractivity contribution in [2.75, 3.05) is 0 Å². The SMILES string of the molecule is CCCCCCC(C)(CCCCC)c1ccccc1-n1c2ccccc2c2ccccc21. The first-order valence-corrected chi connectivity index (χ1v) is 12.8. The molecule has 0 radical (unpaired) electrons. The summed E-state index contributed by atoms with van der Waals surface area (Å²) in [4.78, 5) is 0. The van der Waals surface area contributed by atoms with Crippen LogP contribution in [0.3, 0.4) is 0 Å². The first-order chi connectivity index (χ1) is 15.7. The summed E-state index contributed by atoms with van der Waals surface area (Å²) in [6, 6.07) is 27.0. The average molecular weight is 426 g/mol. The molecule has 0 aliphatic rings. The van der Waals surface area contributed by atoms with Crippen molar-refractivity contribution in [3.63, 3.8) is 0 Å². The molecule has 0 bridgehead atoms. The van der Waals surface area contributed by atoms with E-state index in [1.807, 2.05) is 0 Å². The van der Waals surface area contributed by atoms with Crippen LogP contribution in [0.4, 0.5) is 0 Å². The number of hydrogen-bond acceptors (Lipinski definition) is 0. The number of para-hydroxylation sites is 3. The molecule has 4 rings (SSSR count). The van der Waals surface area contributed by atoms with E-state index in [0.29, 0.717) is 0 Å². The van der Waals surface area contributed by atoms with E-state index in [1.54, 1.807) is 0 Å². The number of benzene rings is 3. The number of aromatic nitrogens is 1. The largest absolute Gasteiger partial charge is 0.309 e. The molecule has 0 N–H and O–H groups in total. The second-order valence-electron chi connectivity index (χ2n) is 9.72. The molecule has 0 saturated carbocycles. The first kappa shape index (κ1) is 22.6. The molecule has 0 fully saturated rings. The lowest BCUT2D eigenvalue weighted by molar-refractivity contribution is 0.365. The zero-order valence-electron chi connectivity index (χ0n) is 20.2. The Labute approximate surface area is 194 Å². The Kier molecular flexibility index (Phi) is 7.35. The van der Waals surface area contributed by atoms with Gasteiger partial charge in [-0.2, -0.15) is 0 Å². The number of rotatable bonds is 11. The van der Waals surface area contributed by atoms with E-state index in [0.717, 1.165) is 0 Å². The third-order valence-corrected chi connectivity index (χ3v) is 7.29. The van der Waals surface area contributed by atoms with Gasteiger partial charge in [0.15, 0.2) is 0 Å². The van der Waals surface area contributed by atoms with Crippen molar-refractivity contribution in [2.45, 2.75) is 84.0 Å². The Hall–Kier alpha value is -2.54. The van der Waals surface area contributed by atoms with Gasteiger partial charge in [0, 0.05) is 16.5 Å². The molecule has 32 heavy (non-hydrogen) atoms. The number of hydrogen-bond donors (Lipinski definition) is 0. The molecule has 1 atom stereocenters. The predicted octanol–water partition coefficient (Wildman–Crippen LogP) is 9.59. The van der Waals surface area contributed by atoms with Crippen molar-refractivity contribution in [3.8, 4) is 5.69 Å². The van der Waals surface area contributed by atoms with E-state index in [9.17, 15) is 0 Å². The molecule has 3 aromatic carbocycles. The molecule has 1 unspecified atom stereocenters. The Morgan fingerprint density at radius 3 is 1.72 bits per heavy atom. The molecule has 1 heterocycles. The van der Waals surface area contributed by atoms with Gasteiger partial charge in [-0.1, -0.05) is 120 Å². The van der Waals surface area contributed by atoms with Gasteiger partial charge in [0.1, 0.15) is 0 Å². The fraction of sp³-hybridized carbons (Fsp3) is 0.419. The van der Waals surface area contributed by atoms with Gasteiger partial charge < -0.3 is 4.57 Å². The second kappa shape index (κ2) is 10.4. The van der Waals surface area contributed by atoms with Crippen LogP contribution in [0.2, 0.25) is 0 Å². The summed E-state index contributed by atoms with van der Waals surface area (Å²) in [5.74, 6) is 0. The normalized spacial score (nSPS) is 13.6. The van der Waals surface area contributed by atoms with Gasteiger partial charge in [0.2, 0.25) is 0 Å². The lowest BCUT2D eigenvalue weighted by Gasteiger charge is -2.33. The minimum absolute atomic E-state index is 0.200. The van der Waals surface area contributed by atoms with E-state index < -0.39 is 0 Å². The van der Waals surface area contributed by atoms with E-state index >= 15 is 0 Å². The Bertz CT molecular complexity index is 1100. The molecule has 0 saturated heterocycles. The zero-order chi connectivity index (χ0) is 22.4. The quantitative estimate of drug-likeness (QED) is 0.211. The zero-order valence-corrected chi connectivity index (χ0v) is 20.2. The van der Waals surface area contributed by atoms with Crippen LogP contribution < -0.4 is 0 Å². The summed E-state index contributed by atoms with van der Waals surface area (Å²) < 4.78 is 2.52. The third-order valence-electron chi connectivity index (χ3n) is 7.29. The fourth-order valence-corrected chi connectivity index (χ4v) is 5.46. The smallest absolute Gasteiger partial charge is 0.0541 e. The maximum Gasteiger partial charge on any atom is 0.0541 e. The lowest BCUT2D eigenvalue weighted by atomic mass is 9.73. The lowest BCUT2D eigenvalue weighted by Crippen LogP contribution is -2.24. The summed E-state index contributed by atoms with van der Waals surface area (Å²) >= 11 is 0. The highest BCUT2D eigenvalue weighted by molar-refractivity contribution is 6.09. The van der Waals surface area contributed by atoms with Crippen LogP contribution in [0, 0.1) is 0 Å². The molecule has 0 aliphatic carbocycles. The van der Waals surface area contributed by atoms with Crippen LogP contribution in [-0.2, 0) is 5.41 Å². The van der Waals surface area contributed by atoms with Crippen LogP contribution in [-0.4, -0.2) is 4.57 Å². The van der Waals surface area contributed by atoms with Crippen molar-refractivity contribution in [2.24, 2.45) is 0 Å². The highest BCUT2D eigenvalue weighted by atomic mass is 15.0. The predicted molar refractivity (Wildman–Crippen MR) is 141 cm³/mol. The molecular weight excluding hydrogens is 386 g/mol. The molecule has 1 aromatic heterocycles. The maximum atomic E-state index is 2.53. The van der Waals surface area contributed by atoms with Crippen LogP contribution in [0.25, 0.3) is 27.5 Å². The van der Waals surface area contributed by atoms with Crippen LogP contribution >= 0.6 is 0 Å². The number of nitrogens with zero attached hydrogens (tertiary/aromatic N) is 1. The van der Waals surface area contributed by atoms with Gasteiger partial charge in [0.25, 0.3) is 0 Å². The fourth-order valence-electron chi connectivity index (χ4n) is 5.46. The van der Waals surface area contributed by atoms with Crippen molar-refractivity contribution in [3.05, 3.63) is 78.4 Å². The van der Waals surface area contributed by atoms with Crippen LogP contribution in [0.5, 0.6) is 0 Å². The molecule has 1 heteroatoms. The monoisotopic (exact) mass is 425 g/mol. The van der Waals surface area contributed by atoms with Crippen molar-refractivity contribution >= 4 is 21.8 Å². The first-order valence-electron chi connectivity index (χ1n) is 12.8. The highest BCUT2D eigenvalue weighted by Gasteiger charge is 2.29. The topological polar surface area (TPSA) is 4.93 Å². The van der Waals surface area contributed by atoms with E-state index in [1.165, 1.54) is 90.8 Å². The summed E-state index contributed by atoms with van der Waals surface area (Å²) in [6.07, 6.45) is 11.7.